The summed E-state index contributed by atoms with van der Waals surface area (Å²) >= 11 is 0. The van der Waals surface area contributed by atoms with E-state index >= 15 is 0 Å². The Balaban J connectivity index is 4.55. The van der Waals surface area contributed by atoms with Crippen molar-refractivity contribution in [2.24, 2.45) is 5.92 Å². The number of hydrogen-bond acceptors (Lipinski definition) is 1. The zero-order chi connectivity index (χ0) is 15.1. The molecular weight excluding hydrogens is 272 g/mol. The first-order valence-electron chi connectivity index (χ1n) is 6.06. The molecule has 7 heteroatoms. The molecule has 114 valence electrons. The monoisotopic (exact) mass is 291 g/mol. The highest BCUT2D eigenvalue weighted by atomic mass is 19.4. The molecule has 19 heavy (non-hydrogen) atoms. The molecule has 0 aromatic rings. The maximum absolute atomic E-state index is 12.5. The highest BCUT2D eigenvalue weighted by Crippen LogP contribution is 2.42. The maximum atomic E-state index is 12.5. The van der Waals surface area contributed by atoms with Crippen molar-refractivity contribution >= 4 is 0 Å². The van der Waals surface area contributed by atoms with Crippen molar-refractivity contribution in [1.82, 2.24) is 5.32 Å². The minimum absolute atomic E-state index is 0.155. The van der Waals surface area contributed by atoms with Crippen LogP contribution in [0.25, 0.3) is 0 Å². The number of alkyl halides is 6. The van der Waals surface area contributed by atoms with E-state index < -0.39 is 24.3 Å². The van der Waals surface area contributed by atoms with Crippen molar-refractivity contribution in [2.45, 2.75) is 50.5 Å². The fourth-order valence-corrected chi connectivity index (χ4v) is 1.95. The number of allylic oxidation sites excluding steroid dienone is 1. The van der Waals surface area contributed by atoms with E-state index in [1.54, 1.807) is 6.08 Å². The van der Waals surface area contributed by atoms with E-state index in [9.17, 15) is 26.3 Å². The van der Waals surface area contributed by atoms with Crippen LogP contribution < -0.4 is 5.32 Å². The van der Waals surface area contributed by atoms with E-state index in [1.165, 1.54) is 0 Å². The van der Waals surface area contributed by atoms with Crippen molar-refractivity contribution in [3.05, 3.63) is 12.7 Å². The number of nitrogens with one attached hydrogen (secondary N) is 1. The Labute approximate surface area is 109 Å². The predicted octanol–water partition coefficient (Wildman–Crippen LogP) is 4.45. The van der Waals surface area contributed by atoms with Gasteiger partial charge in [0.1, 0.15) is 0 Å². The SMILES string of the molecule is C=CCCCCCC(NC)C(C(F)(F)F)C(F)(F)F. The lowest BCUT2D eigenvalue weighted by Gasteiger charge is -2.30. The fourth-order valence-electron chi connectivity index (χ4n) is 1.95. The molecule has 1 atom stereocenters. The zero-order valence-electron chi connectivity index (χ0n) is 10.7. The van der Waals surface area contributed by atoms with Gasteiger partial charge in [-0.2, -0.15) is 26.3 Å². The Morgan fingerprint density at radius 2 is 1.53 bits per heavy atom. The van der Waals surface area contributed by atoms with E-state index in [0.29, 0.717) is 19.3 Å². The third-order valence-electron chi connectivity index (χ3n) is 2.90. The van der Waals surface area contributed by atoms with Crippen molar-refractivity contribution in [3.8, 4) is 0 Å². The summed E-state index contributed by atoms with van der Waals surface area (Å²) in [5.74, 6) is -3.32. The van der Waals surface area contributed by atoms with Crippen LogP contribution in [0, 0.1) is 5.92 Å². The van der Waals surface area contributed by atoms with Crippen molar-refractivity contribution < 1.29 is 26.3 Å². The molecule has 0 amide bonds. The molecule has 0 aliphatic rings. The quantitative estimate of drug-likeness (QED) is 0.396. The van der Waals surface area contributed by atoms with Crippen LogP contribution in [0.2, 0.25) is 0 Å². The van der Waals surface area contributed by atoms with Crippen molar-refractivity contribution in [1.29, 1.82) is 0 Å². The number of unbranched alkanes of at least 4 members (excludes halogenated alkanes) is 3. The predicted molar refractivity (Wildman–Crippen MR) is 61.7 cm³/mol. The van der Waals surface area contributed by atoms with E-state index in [2.05, 4.69) is 11.9 Å². The Bertz CT molecular complexity index is 244. The normalized spacial score (nSPS) is 14.7. The van der Waals surface area contributed by atoms with Crippen LogP contribution >= 0.6 is 0 Å². The third-order valence-corrected chi connectivity index (χ3v) is 2.90. The van der Waals surface area contributed by atoms with Crippen LogP contribution in [0.4, 0.5) is 26.3 Å². The van der Waals surface area contributed by atoms with Crippen LogP contribution in [-0.4, -0.2) is 25.4 Å². The number of hydrogen-bond donors (Lipinski definition) is 1. The first-order valence-corrected chi connectivity index (χ1v) is 6.06. The van der Waals surface area contributed by atoms with Crippen LogP contribution in [0.5, 0.6) is 0 Å². The van der Waals surface area contributed by atoms with Gasteiger partial charge in [0.15, 0.2) is 5.92 Å². The molecule has 0 heterocycles. The Hall–Kier alpha value is -0.720. The second kappa shape index (κ2) is 7.77. The largest absolute Gasteiger partial charge is 0.401 e. The third kappa shape index (κ3) is 6.84. The van der Waals surface area contributed by atoms with Gasteiger partial charge >= 0.3 is 12.4 Å². The average molecular weight is 291 g/mol. The zero-order valence-corrected chi connectivity index (χ0v) is 10.7. The van der Waals surface area contributed by atoms with Crippen molar-refractivity contribution in [2.75, 3.05) is 7.05 Å². The van der Waals surface area contributed by atoms with Gasteiger partial charge in [0, 0.05) is 6.04 Å². The summed E-state index contributed by atoms with van der Waals surface area (Å²) in [5.41, 5.74) is 0. The van der Waals surface area contributed by atoms with Gasteiger partial charge in [-0.05, 0) is 26.3 Å². The summed E-state index contributed by atoms with van der Waals surface area (Å²) in [4.78, 5) is 0. The first kappa shape index (κ1) is 18.3. The van der Waals surface area contributed by atoms with E-state index in [1.807, 2.05) is 0 Å². The lowest BCUT2D eigenvalue weighted by atomic mass is 9.93. The molecule has 0 aromatic heterocycles. The van der Waals surface area contributed by atoms with Gasteiger partial charge in [-0.1, -0.05) is 18.9 Å². The smallest absolute Gasteiger partial charge is 0.316 e. The lowest BCUT2D eigenvalue weighted by Crippen LogP contribution is -2.50. The Morgan fingerprint density at radius 1 is 1.00 bits per heavy atom. The van der Waals surface area contributed by atoms with E-state index in [4.69, 9.17) is 0 Å². The minimum Gasteiger partial charge on any atom is -0.316 e. The Kier molecular flexibility index (Phi) is 7.47. The molecule has 0 saturated carbocycles. The molecule has 0 aromatic carbocycles. The molecule has 0 spiro atoms. The van der Waals surface area contributed by atoms with Gasteiger partial charge < -0.3 is 5.32 Å². The molecule has 1 unspecified atom stereocenters. The molecule has 0 aliphatic heterocycles. The summed E-state index contributed by atoms with van der Waals surface area (Å²) in [6.45, 7) is 3.49. The van der Waals surface area contributed by atoms with Gasteiger partial charge in [0.25, 0.3) is 0 Å². The standard InChI is InChI=1S/C12H19F6N/c1-3-4-5-6-7-8-9(19-2)10(11(13,14)15)12(16,17)18/h3,9-10,19H,1,4-8H2,2H3. The average Bonchev–Trinajstić information content (AvgIpc) is 2.23. The second-order valence-corrected chi connectivity index (χ2v) is 4.38. The molecule has 0 bridgehead atoms. The number of halogens is 6. The van der Waals surface area contributed by atoms with Gasteiger partial charge in [-0.3, -0.25) is 0 Å². The maximum Gasteiger partial charge on any atom is 0.401 e. The minimum atomic E-state index is -5.28. The van der Waals surface area contributed by atoms with Crippen LogP contribution in [0.15, 0.2) is 12.7 Å². The first-order chi connectivity index (χ1) is 8.64. The van der Waals surface area contributed by atoms with Crippen LogP contribution in [0.1, 0.15) is 32.1 Å². The summed E-state index contributed by atoms with van der Waals surface area (Å²) < 4.78 is 75.1. The molecule has 0 fully saturated rings. The van der Waals surface area contributed by atoms with E-state index in [0.717, 1.165) is 13.5 Å². The molecule has 0 saturated heterocycles. The molecule has 0 rings (SSSR count). The molecule has 1 nitrogen and oxygen atoms in total. The fraction of sp³-hybridized carbons (Fsp3) is 0.833. The highest BCUT2D eigenvalue weighted by molar-refractivity contribution is 4.86. The van der Waals surface area contributed by atoms with Gasteiger partial charge in [0.2, 0.25) is 0 Å². The second-order valence-electron chi connectivity index (χ2n) is 4.38. The summed E-state index contributed by atoms with van der Waals surface area (Å²) in [7, 11) is 1.12. The summed E-state index contributed by atoms with van der Waals surface area (Å²) in [5, 5.41) is 2.15. The van der Waals surface area contributed by atoms with Gasteiger partial charge in [-0.15, -0.1) is 6.58 Å². The number of rotatable bonds is 8. The molecule has 0 aliphatic carbocycles. The molecule has 0 radical (unpaired) electrons. The summed E-state index contributed by atoms with van der Waals surface area (Å²) in [6, 6.07) is -1.64. The van der Waals surface area contributed by atoms with Gasteiger partial charge in [0.05, 0.1) is 0 Å². The van der Waals surface area contributed by atoms with Crippen molar-refractivity contribution in [3.63, 3.8) is 0 Å². The topological polar surface area (TPSA) is 12.0 Å². The van der Waals surface area contributed by atoms with Gasteiger partial charge in [-0.25, -0.2) is 0 Å². The molecule has 1 N–H and O–H groups in total. The summed E-state index contributed by atoms with van der Waals surface area (Å²) in [6.07, 6.45) is -6.70. The molecular formula is C12H19F6N. The highest BCUT2D eigenvalue weighted by Gasteiger charge is 2.59. The Morgan fingerprint density at radius 3 is 1.89 bits per heavy atom. The van der Waals surface area contributed by atoms with Crippen LogP contribution in [0.3, 0.4) is 0 Å². The lowest BCUT2D eigenvalue weighted by molar-refractivity contribution is -0.291. The van der Waals surface area contributed by atoms with E-state index in [-0.39, 0.29) is 6.42 Å². The van der Waals surface area contributed by atoms with Crippen LogP contribution in [-0.2, 0) is 0 Å².